The first kappa shape index (κ1) is 21.0. The summed E-state index contributed by atoms with van der Waals surface area (Å²) in [7, 11) is 0. The van der Waals surface area contributed by atoms with Crippen molar-refractivity contribution in [3.63, 3.8) is 0 Å². The van der Waals surface area contributed by atoms with E-state index in [1.165, 1.54) is 11.3 Å². The summed E-state index contributed by atoms with van der Waals surface area (Å²) in [5, 5.41) is 3.20. The first-order valence-electron chi connectivity index (χ1n) is 10.2. The molecule has 1 aliphatic carbocycles. The molecule has 8 nitrogen and oxygen atoms in total. The highest BCUT2D eigenvalue weighted by Crippen LogP contribution is 2.38. The van der Waals surface area contributed by atoms with Gasteiger partial charge in [-0.1, -0.05) is 12.1 Å². The topological polar surface area (TPSA) is 99.5 Å². The Balaban J connectivity index is 1.39. The van der Waals surface area contributed by atoms with Crippen LogP contribution in [0.2, 0.25) is 0 Å². The maximum Gasteiger partial charge on any atom is 0.341 e. The third-order valence-electron chi connectivity index (χ3n) is 5.09. The minimum atomic E-state index is -0.547. The van der Waals surface area contributed by atoms with E-state index in [1.807, 2.05) is 24.3 Å². The molecule has 2 aromatic heterocycles. The lowest BCUT2D eigenvalue weighted by Crippen LogP contribution is -2.23. The van der Waals surface area contributed by atoms with Crippen molar-refractivity contribution in [2.75, 3.05) is 18.5 Å². The number of esters is 2. The number of aromatic nitrogens is 2. The summed E-state index contributed by atoms with van der Waals surface area (Å²) in [6.07, 6.45) is 5.31. The predicted octanol–water partition coefficient (Wildman–Crippen LogP) is 3.34. The lowest BCUT2D eigenvalue weighted by molar-refractivity contribution is -0.147. The first-order chi connectivity index (χ1) is 15.1. The molecule has 0 radical (unpaired) electrons. The number of hydrogen-bond donors (Lipinski definition) is 1. The van der Waals surface area contributed by atoms with Gasteiger partial charge in [-0.2, -0.15) is 0 Å². The number of carbonyl (C=O) groups excluding carboxylic acids is 3. The Morgan fingerprint density at radius 1 is 1.16 bits per heavy atom. The Hall–Kier alpha value is -3.20. The number of anilines is 1. The van der Waals surface area contributed by atoms with E-state index in [9.17, 15) is 14.4 Å². The zero-order valence-corrected chi connectivity index (χ0v) is 18.0. The minimum absolute atomic E-state index is 0.0465. The maximum atomic E-state index is 12.5. The summed E-state index contributed by atoms with van der Waals surface area (Å²) in [5.74, 6) is -1.47. The van der Waals surface area contributed by atoms with Crippen molar-refractivity contribution in [2.24, 2.45) is 0 Å². The second kappa shape index (κ2) is 9.30. The lowest BCUT2D eigenvalue weighted by Gasteiger charge is -2.12. The Bertz CT molecular complexity index is 1130. The molecule has 1 N–H and O–H groups in total. The molecule has 0 saturated carbocycles. The van der Waals surface area contributed by atoms with Crippen LogP contribution >= 0.6 is 11.3 Å². The van der Waals surface area contributed by atoms with E-state index in [2.05, 4.69) is 10.3 Å². The van der Waals surface area contributed by atoms with Crippen LogP contribution in [0.25, 0.3) is 11.0 Å². The molecule has 1 amide bonds. The number of carbonyl (C=O) groups is 3. The number of imidazole rings is 1. The van der Waals surface area contributed by atoms with Crippen LogP contribution in [0.15, 0.2) is 30.6 Å². The number of rotatable bonds is 7. The van der Waals surface area contributed by atoms with Gasteiger partial charge in [-0.05, 0) is 50.3 Å². The fourth-order valence-corrected chi connectivity index (χ4v) is 5.00. The maximum absolute atomic E-state index is 12.5. The minimum Gasteiger partial charge on any atom is -0.462 e. The molecule has 2 heterocycles. The highest BCUT2D eigenvalue weighted by molar-refractivity contribution is 7.17. The second-order valence-electron chi connectivity index (χ2n) is 7.21. The van der Waals surface area contributed by atoms with E-state index in [1.54, 1.807) is 17.8 Å². The molecule has 0 bridgehead atoms. The van der Waals surface area contributed by atoms with Gasteiger partial charge in [0, 0.05) is 4.88 Å². The van der Waals surface area contributed by atoms with Gasteiger partial charge in [0.15, 0.2) is 6.61 Å². The van der Waals surface area contributed by atoms with E-state index in [-0.39, 0.29) is 13.2 Å². The average molecular weight is 442 g/mol. The molecular weight excluding hydrogens is 418 g/mol. The van der Waals surface area contributed by atoms with Crippen LogP contribution in [0.1, 0.15) is 40.6 Å². The summed E-state index contributed by atoms with van der Waals surface area (Å²) in [4.78, 5) is 42.4. The van der Waals surface area contributed by atoms with Gasteiger partial charge in [0.25, 0.3) is 5.91 Å². The van der Waals surface area contributed by atoms with Crippen LogP contribution in [0, 0.1) is 0 Å². The van der Waals surface area contributed by atoms with Crippen molar-refractivity contribution in [2.45, 2.75) is 39.2 Å². The van der Waals surface area contributed by atoms with E-state index >= 15 is 0 Å². The number of para-hydroxylation sites is 2. The molecule has 0 atom stereocenters. The highest BCUT2D eigenvalue weighted by Gasteiger charge is 2.27. The molecule has 0 aliphatic heterocycles. The molecular formula is C22H23N3O5S. The third kappa shape index (κ3) is 4.61. The molecule has 3 aromatic rings. The number of benzene rings is 1. The van der Waals surface area contributed by atoms with Gasteiger partial charge in [0.05, 0.1) is 29.5 Å². The van der Waals surface area contributed by atoms with Crippen molar-refractivity contribution >= 4 is 45.2 Å². The van der Waals surface area contributed by atoms with Gasteiger partial charge in [-0.15, -0.1) is 11.3 Å². The molecule has 31 heavy (non-hydrogen) atoms. The lowest BCUT2D eigenvalue weighted by atomic mass is 9.95. The van der Waals surface area contributed by atoms with Crippen LogP contribution in [-0.2, 0) is 38.4 Å². The number of nitrogens with zero attached hydrogens (tertiary/aromatic N) is 2. The number of aryl methyl sites for hydroxylation is 1. The molecule has 0 unspecified atom stereocenters. The quantitative estimate of drug-likeness (QED) is 0.565. The molecule has 0 fully saturated rings. The van der Waals surface area contributed by atoms with E-state index in [0.29, 0.717) is 10.6 Å². The number of fused-ring (bicyclic) bond motifs is 2. The van der Waals surface area contributed by atoms with Crippen molar-refractivity contribution < 1.29 is 23.9 Å². The summed E-state index contributed by atoms with van der Waals surface area (Å²) < 4.78 is 12.0. The standard InChI is InChI=1S/C22H23N3O5S/c1-2-29-22(28)20-14-7-3-6-10-17(14)31-21(20)24-18(26)12-30-19(27)11-25-13-23-15-8-4-5-9-16(15)25/h4-5,8-9,13H,2-3,6-7,10-12H2,1H3,(H,24,26). The second-order valence-corrected chi connectivity index (χ2v) is 8.31. The van der Waals surface area contributed by atoms with Crippen LogP contribution in [0.3, 0.4) is 0 Å². The smallest absolute Gasteiger partial charge is 0.341 e. The van der Waals surface area contributed by atoms with Crippen molar-refractivity contribution in [3.8, 4) is 0 Å². The van der Waals surface area contributed by atoms with E-state index in [0.717, 1.165) is 47.2 Å². The van der Waals surface area contributed by atoms with Crippen LogP contribution in [0.5, 0.6) is 0 Å². The summed E-state index contributed by atoms with van der Waals surface area (Å²) >= 11 is 1.40. The summed E-state index contributed by atoms with van der Waals surface area (Å²) in [6.45, 7) is 1.53. The zero-order valence-electron chi connectivity index (χ0n) is 17.2. The molecule has 9 heteroatoms. The van der Waals surface area contributed by atoms with E-state index in [4.69, 9.17) is 9.47 Å². The molecule has 0 spiro atoms. The molecule has 1 aromatic carbocycles. The van der Waals surface area contributed by atoms with Gasteiger partial charge in [0.2, 0.25) is 0 Å². The molecule has 1 aliphatic rings. The van der Waals surface area contributed by atoms with Crippen LogP contribution in [-0.4, -0.2) is 40.6 Å². The molecule has 4 rings (SSSR count). The van der Waals surface area contributed by atoms with Crippen molar-refractivity contribution in [1.82, 2.24) is 9.55 Å². The SMILES string of the molecule is CCOC(=O)c1c(NC(=O)COC(=O)Cn2cnc3ccccc32)sc2c1CCCC2. The largest absolute Gasteiger partial charge is 0.462 e. The fourth-order valence-electron chi connectivity index (χ4n) is 3.70. The normalized spacial score (nSPS) is 12.9. The highest BCUT2D eigenvalue weighted by atomic mass is 32.1. The van der Waals surface area contributed by atoms with Crippen molar-refractivity contribution in [1.29, 1.82) is 0 Å². The molecule has 0 saturated heterocycles. The monoisotopic (exact) mass is 441 g/mol. The zero-order chi connectivity index (χ0) is 21.8. The number of thiophene rings is 1. The number of ether oxygens (including phenoxy) is 2. The van der Waals surface area contributed by atoms with Gasteiger partial charge < -0.3 is 19.4 Å². The fraction of sp³-hybridized carbons (Fsp3) is 0.364. The Morgan fingerprint density at radius 3 is 2.81 bits per heavy atom. The number of hydrogen-bond acceptors (Lipinski definition) is 7. The van der Waals surface area contributed by atoms with Gasteiger partial charge in [-0.3, -0.25) is 9.59 Å². The van der Waals surface area contributed by atoms with E-state index < -0.39 is 24.5 Å². The average Bonchev–Trinajstić information content (AvgIpc) is 3.33. The third-order valence-corrected chi connectivity index (χ3v) is 6.30. The Kier molecular flexibility index (Phi) is 6.31. The number of nitrogens with one attached hydrogen (secondary N) is 1. The predicted molar refractivity (Wildman–Crippen MR) is 116 cm³/mol. The first-order valence-corrected chi connectivity index (χ1v) is 11.1. The summed E-state index contributed by atoms with van der Waals surface area (Å²) in [6, 6.07) is 7.44. The van der Waals surface area contributed by atoms with Gasteiger partial charge >= 0.3 is 11.9 Å². The van der Waals surface area contributed by atoms with Crippen LogP contribution in [0.4, 0.5) is 5.00 Å². The number of amides is 1. The van der Waals surface area contributed by atoms with Crippen LogP contribution < -0.4 is 5.32 Å². The summed E-state index contributed by atoms with van der Waals surface area (Å²) in [5.41, 5.74) is 2.99. The Morgan fingerprint density at radius 2 is 1.97 bits per heavy atom. The van der Waals surface area contributed by atoms with Gasteiger partial charge in [0.1, 0.15) is 11.5 Å². The molecule has 162 valence electrons. The van der Waals surface area contributed by atoms with Gasteiger partial charge in [-0.25, -0.2) is 9.78 Å². The van der Waals surface area contributed by atoms with Crippen molar-refractivity contribution in [3.05, 3.63) is 46.6 Å². The Labute approximate surface area is 183 Å².